The van der Waals surface area contributed by atoms with Gasteiger partial charge < -0.3 is 15.0 Å². The van der Waals surface area contributed by atoms with Gasteiger partial charge in [0.1, 0.15) is 5.69 Å². The first-order valence-electron chi connectivity index (χ1n) is 6.28. The van der Waals surface area contributed by atoms with Crippen molar-refractivity contribution in [1.29, 1.82) is 0 Å². The molecule has 0 bridgehead atoms. The predicted octanol–water partition coefficient (Wildman–Crippen LogP) is 2.20. The maximum Gasteiger partial charge on any atom is 0.305 e. The zero-order valence-electron chi connectivity index (χ0n) is 10.8. The van der Waals surface area contributed by atoms with Gasteiger partial charge >= 0.3 is 5.97 Å². The van der Waals surface area contributed by atoms with Crippen LogP contribution in [0.1, 0.15) is 42.6 Å². The van der Waals surface area contributed by atoms with Crippen LogP contribution < -0.4 is 5.32 Å². The predicted molar refractivity (Wildman–Crippen MR) is 71.3 cm³/mol. The maximum absolute atomic E-state index is 12.2. The van der Waals surface area contributed by atoms with Crippen LogP contribution in [0.15, 0.2) is 12.3 Å². The molecule has 1 aliphatic carbocycles. The van der Waals surface area contributed by atoms with Gasteiger partial charge in [0.05, 0.1) is 17.0 Å². The zero-order valence-corrected chi connectivity index (χ0v) is 11.5. The normalized spacial score (nSPS) is 17.4. The van der Waals surface area contributed by atoms with Crippen molar-refractivity contribution in [3.8, 4) is 0 Å². The second-order valence-electron chi connectivity index (χ2n) is 5.17. The lowest BCUT2D eigenvalue weighted by molar-refractivity contribution is -0.138. The van der Waals surface area contributed by atoms with Gasteiger partial charge in [-0.05, 0) is 18.9 Å². The Hall–Kier alpha value is -1.49. The van der Waals surface area contributed by atoms with Crippen molar-refractivity contribution in [2.45, 2.75) is 37.6 Å². The number of nitrogens with one attached hydrogen (secondary N) is 1. The first-order chi connectivity index (χ1) is 8.92. The van der Waals surface area contributed by atoms with E-state index in [1.54, 1.807) is 23.9 Å². The molecule has 5 nitrogen and oxygen atoms in total. The summed E-state index contributed by atoms with van der Waals surface area (Å²) in [5.74, 6) is -1.15. The molecule has 0 saturated heterocycles. The van der Waals surface area contributed by atoms with Crippen LogP contribution in [0.25, 0.3) is 0 Å². The van der Waals surface area contributed by atoms with Gasteiger partial charge in [-0.2, -0.15) is 0 Å². The van der Waals surface area contributed by atoms with Crippen LogP contribution in [0, 0.1) is 0 Å². The number of halogens is 1. The Bertz CT molecular complexity index is 504. The molecule has 0 spiro atoms. The maximum atomic E-state index is 12.2. The second-order valence-corrected chi connectivity index (χ2v) is 5.60. The third-order valence-electron chi connectivity index (χ3n) is 3.63. The summed E-state index contributed by atoms with van der Waals surface area (Å²) in [7, 11) is 1.74. The van der Waals surface area contributed by atoms with Crippen LogP contribution in [-0.4, -0.2) is 27.1 Å². The summed E-state index contributed by atoms with van der Waals surface area (Å²) in [6.45, 7) is 0. The minimum Gasteiger partial charge on any atom is -0.481 e. The van der Waals surface area contributed by atoms with E-state index in [1.807, 2.05) is 0 Å². The second kappa shape index (κ2) is 5.25. The van der Waals surface area contributed by atoms with Gasteiger partial charge in [0.2, 0.25) is 0 Å². The number of carboxylic acids is 1. The molecule has 0 aliphatic heterocycles. The molecule has 0 atom stereocenters. The van der Waals surface area contributed by atoms with E-state index >= 15 is 0 Å². The lowest BCUT2D eigenvalue weighted by Gasteiger charge is -2.28. The van der Waals surface area contributed by atoms with E-state index < -0.39 is 11.5 Å². The molecule has 1 aromatic rings. The van der Waals surface area contributed by atoms with E-state index in [2.05, 4.69) is 5.32 Å². The number of carbonyl (C=O) groups excluding carboxylic acids is 1. The monoisotopic (exact) mass is 284 g/mol. The summed E-state index contributed by atoms with van der Waals surface area (Å²) in [5, 5.41) is 12.4. The average molecular weight is 285 g/mol. The number of carbonyl (C=O) groups is 2. The molecule has 1 heterocycles. The number of hydrogen-bond donors (Lipinski definition) is 2. The first-order valence-corrected chi connectivity index (χ1v) is 6.66. The summed E-state index contributed by atoms with van der Waals surface area (Å²) < 4.78 is 1.64. The van der Waals surface area contributed by atoms with Crippen molar-refractivity contribution in [2.75, 3.05) is 0 Å². The summed E-state index contributed by atoms with van der Waals surface area (Å²) >= 11 is 5.85. The SMILES string of the molecule is Cn1cc(Cl)cc1C(=O)NC1(CC(=O)O)CCCC1. The van der Waals surface area contributed by atoms with E-state index in [9.17, 15) is 9.59 Å². The van der Waals surface area contributed by atoms with Crippen molar-refractivity contribution >= 4 is 23.5 Å². The Kier molecular flexibility index (Phi) is 3.85. The number of hydrogen-bond acceptors (Lipinski definition) is 2. The lowest BCUT2D eigenvalue weighted by atomic mass is 9.93. The van der Waals surface area contributed by atoms with Crippen molar-refractivity contribution in [1.82, 2.24) is 9.88 Å². The molecule has 0 radical (unpaired) electrons. The third kappa shape index (κ3) is 3.10. The van der Waals surface area contributed by atoms with Crippen LogP contribution in [0.4, 0.5) is 0 Å². The van der Waals surface area contributed by atoms with Crippen molar-refractivity contribution < 1.29 is 14.7 Å². The van der Waals surface area contributed by atoms with Crippen LogP contribution in [0.2, 0.25) is 5.02 Å². The molecule has 1 aliphatic rings. The number of carboxylic acid groups (broad SMARTS) is 1. The highest BCUT2D eigenvalue weighted by molar-refractivity contribution is 6.31. The van der Waals surface area contributed by atoms with E-state index in [-0.39, 0.29) is 12.3 Å². The molecular weight excluding hydrogens is 268 g/mol. The Morgan fingerprint density at radius 3 is 2.58 bits per heavy atom. The molecule has 2 rings (SSSR count). The molecular formula is C13H17ClN2O3. The van der Waals surface area contributed by atoms with Gasteiger partial charge in [-0.1, -0.05) is 24.4 Å². The molecule has 0 unspecified atom stereocenters. The molecule has 6 heteroatoms. The quantitative estimate of drug-likeness (QED) is 0.890. The van der Waals surface area contributed by atoms with Crippen LogP contribution in [0.3, 0.4) is 0 Å². The average Bonchev–Trinajstić information content (AvgIpc) is 2.85. The fraction of sp³-hybridized carbons (Fsp3) is 0.538. The van der Waals surface area contributed by atoms with E-state index in [1.165, 1.54) is 0 Å². The van der Waals surface area contributed by atoms with Crippen molar-refractivity contribution in [3.63, 3.8) is 0 Å². The van der Waals surface area contributed by atoms with Gasteiger partial charge in [-0.25, -0.2) is 0 Å². The topological polar surface area (TPSA) is 71.3 Å². The van der Waals surface area contributed by atoms with Gasteiger partial charge in [-0.3, -0.25) is 9.59 Å². The van der Waals surface area contributed by atoms with Gasteiger partial charge in [0, 0.05) is 13.2 Å². The van der Waals surface area contributed by atoms with Crippen LogP contribution in [0.5, 0.6) is 0 Å². The number of aliphatic carboxylic acids is 1. The highest BCUT2D eigenvalue weighted by atomic mass is 35.5. The molecule has 2 N–H and O–H groups in total. The fourth-order valence-electron chi connectivity index (χ4n) is 2.74. The van der Waals surface area contributed by atoms with Gasteiger partial charge in [-0.15, -0.1) is 0 Å². The molecule has 0 aromatic carbocycles. The molecule has 1 saturated carbocycles. The van der Waals surface area contributed by atoms with Gasteiger partial charge in [0.25, 0.3) is 5.91 Å². The minimum absolute atomic E-state index is 0.0309. The highest BCUT2D eigenvalue weighted by Gasteiger charge is 2.37. The standard InChI is InChI=1S/C13H17ClN2O3/c1-16-8-9(14)6-10(16)12(19)15-13(7-11(17)18)4-2-3-5-13/h6,8H,2-5,7H2,1H3,(H,15,19)(H,17,18). The molecule has 104 valence electrons. The summed E-state index contributed by atoms with van der Waals surface area (Å²) in [6.07, 6.45) is 4.93. The summed E-state index contributed by atoms with van der Waals surface area (Å²) in [6, 6.07) is 1.58. The molecule has 1 fully saturated rings. The number of aryl methyl sites for hydroxylation is 1. The third-order valence-corrected chi connectivity index (χ3v) is 3.84. The lowest BCUT2D eigenvalue weighted by Crippen LogP contribution is -2.48. The molecule has 19 heavy (non-hydrogen) atoms. The van der Waals surface area contributed by atoms with Crippen LogP contribution >= 0.6 is 11.6 Å². The largest absolute Gasteiger partial charge is 0.481 e. The number of nitrogens with zero attached hydrogens (tertiary/aromatic N) is 1. The van der Waals surface area contributed by atoms with Crippen LogP contribution in [-0.2, 0) is 11.8 Å². The highest BCUT2D eigenvalue weighted by Crippen LogP contribution is 2.33. The molecule has 1 amide bonds. The Morgan fingerprint density at radius 1 is 1.47 bits per heavy atom. The Labute approximate surface area is 116 Å². The van der Waals surface area contributed by atoms with Gasteiger partial charge in [0.15, 0.2) is 0 Å². The first kappa shape index (κ1) is 13.9. The van der Waals surface area contributed by atoms with Crippen molar-refractivity contribution in [3.05, 3.63) is 23.0 Å². The molecule has 1 aromatic heterocycles. The number of amides is 1. The van der Waals surface area contributed by atoms with E-state index in [4.69, 9.17) is 16.7 Å². The van der Waals surface area contributed by atoms with Crippen molar-refractivity contribution in [2.24, 2.45) is 7.05 Å². The number of aromatic nitrogens is 1. The summed E-state index contributed by atoms with van der Waals surface area (Å²) in [4.78, 5) is 23.2. The van der Waals surface area contributed by atoms with E-state index in [0.29, 0.717) is 23.6 Å². The minimum atomic E-state index is -0.882. The fourth-order valence-corrected chi connectivity index (χ4v) is 2.99. The zero-order chi connectivity index (χ0) is 14.0. The number of rotatable bonds is 4. The summed E-state index contributed by atoms with van der Waals surface area (Å²) in [5.41, 5.74) is -0.165. The Morgan fingerprint density at radius 2 is 2.11 bits per heavy atom. The Balaban J connectivity index is 2.15. The van der Waals surface area contributed by atoms with E-state index in [0.717, 1.165) is 12.8 Å². The smallest absolute Gasteiger partial charge is 0.305 e.